The van der Waals surface area contributed by atoms with Crippen molar-refractivity contribution in [1.29, 1.82) is 0 Å². The van der Waals surface area contributed by atoms with Gasteiger partial charge in [-0.05, 0) is 31.5 Å². The first-order valence-electron chi connectivity index (χ1n) is 7.77. The van der Waals surface area contributed by atoms with Gasteiger partial charge in [0.1, 0.15) is 0 Å². The van der Waals surface area contributed by atoms with Gasteiger partial charge in [0.05, 0.1) is 11.1 Å². The fourth-order valence-corrected chi connectivity index (χ4v) is 2.23. The number of aromatic nitrogens is 1. The number of benzene rings is 1. The molecule has 0 aliphatic rings. The van der Waals surface area contributed by atoms with Crippen molar-refractivity contribution >= 4 is 17.5 Å². The maximum absolute atomic E-state index is 12.7. The van der Waals surface area contributed by atoms with E-state index in [9.17, 15) is 9.59 Å². The quantitative estimate of drug-likeness (QED) is 0.892. The molecule has 5 nitrogen and oxygen atoms in total. The molecule has 2 amide bonds. The third-order valence-electron chi connectivity index (χ3n) is 3.41. The van der Waals surface area contributed by atoms with Crippen molar-refractivity contribution in [2.75, 3.05) is 18.0 Å². The minimum absolute atomic E-state index is 0.170. The van der Waals surface area contributed by atoms with E-state index < -0.39 is 0 Å². The molecule has 0 saturated carbocycles. The molecule has 1 aromatic carbocycles. The molecular weight excluding hydrogens is 290 g/mol. The summed E-state index contributed by atoms with van der Waals surface area (Å²) >= 11 is 0. The molecule has 1 aromatic heterocycles. The molecule has 2 rings (SSSR count). The smallest absolute Gasteiger partial charge is 0.259 e. The first kappa shape index (κ1) is 16.7. The summed E-state index contributed by atoms with van der Waals surface area (Å²) in [4.78, 5) is 30.4. The zero-order valence-electron chi connectivity index (χ0n) is 13.5. The van der Waals surface area contributed by atoms with Crippen molar-refractivity contribution in [3.63, 3.8) is 0 Å². The minimum atomic E-state index is -0.211. The summed E-state index contributed by atoms with van der Waals surface area (Å²) in [5.74, 6) is -0.381. The third-order valence-corrected chi connectivity index (χ3v) is 3.41. The monoisotopic (exact) mass is 311 g/mol. The number of anilines is 1. The van der Waals surface area contributed by atoms with Gasteiger partial charge in [-0.1, -0.05) is 25.1 Å². The highest BCUT2D eigenvalue weighted by atomic mass is 16.2. The van der Waals surface area contributed by atoms with E-state index in [0.29, 0.717) is 24.2 Å². The van der Waals surface area contributed by atoms with E-state index in [1.54, 1.807) is 11.0 Å². The Hall–Kier alpha value is -2.69. The second-order valence-corrected chi connectivity index (χ2v) is 5.10. The molecule has 2 aromatic rings. The van der Waals surface area contributed by atoms with Crippen LogP contribution in [0.2, 0.25) is 0 Å². The zero-order chi connectivity index (χ0) is 16.7. The molecule has 120 valence electrons. The van der Waals surface area contributed by atoms with Crippen molar-refractivity contribution in [1.82, 2.24) is 10.3 Å². The Morgan fingerprint density at radius 2 is 1.78 bits per heavy atom. The van der Waals surface area contributed by atoms with Gasteiger partial charge in [-0.3, -0.25) is 14.6 Å². The standard InChI is InChI=1S/C18H21N3O2/c1-3-10-20-17(22)14-11-15(13-19-12-14)18(23)21(4-2)16-8-6-5-7-9-16/h5-9,11-13H,3-4,10H2,1-2H3,(H,20,22). The molecule has 5 heteroatoms. The summed E-state index contributed by atoms with van der Waals surface area (Å²) in [5.41, 5.74) is 1.62. The van der Waals surface area contributed by atoms with Gasteiger partial charge < -0.3 is 10.2 Å². The van der Waals surface area contributed by atoms with Crippen molar-refractivity contribution < 1.29 is 9.59 Å². The van der Waals surface area contributed by atoms with Crippen LogP contribution in [-0.2, 0) is 0 Å². The molecule has 0 aliphatic carbocycles. The number of nitrogens with zero attached hydrogens (tertiary/aromatic N) is 2. The molecule has 0 radical (unpaired) electrons. The highest BCUT2D eigenvalue weighted by Crippen LogP contribution is 2.16. The number of rotatable bonds is 6. The Morgan fingerprint density at radius 1 is 1.09 bits per heavy atom. The Balaban J connectivity index is 2.23. The summed E-state index contributed by atoms with van der Waals surface area (Å²) in [6, 6.07) is 11.0. The molecular formula is C18H21N3O2. The van der Waals surface area contributed by atoms with Gasteiger partial charge in [-0.25, -0.2) is 0 Å². The second-order valence-electron chi connectivity index (χ2n) is 5.10. The van der Waals surface area contributed by atoms with Crippen LogP contribution in [0.5, 0.6) is 0 Å². The van der Waals surface area contributed by atoms with Crippen molar-refractivity contribution in [2.24, 2.45) is 0 Å². The van der Waals surface area contributed by atoms with Crippen LogP contribution < -0.4 is 10.2 Å². The Kier molecular flexibility index (Phi) is 5.86. The van der Waals surface area contributed by atoms with Crippen molar-refractivity contribution in [2.45, 2.75) is 20.3 Å². The summed E-state index contributed by atoms with van der Waals surface area (Å²) in [7, 11) is 0. The van der Waals surface area contributed by atoms with Gasteiger partial charge in [0.15, 0.2) is 0 Å². The van der Waals surface area contributed by atoms with Gasteiger partial charge in [0, 0.05) is 31.2 Å². The van der Waals surface area contributed by atoms with Gasteiger partial charge in [0.25, 0.3) is 11.8 Å². The summed E-state index contributed by atoms with van der Waals surface area (Å²) in [6.45, 7) is 5.03. The number of pyridine rings is 1. The Morgan fingerprint density at radius 3 is 2.43 bits per heavy atom. The lowest BCUT2D eigenvalue weighted by atomic mass is 10.1. The second kappa shape index (κ2) is 8.08. The van der Waals surface area contributed by atoms with Crippen LogP contribution in [0.3, 0.4) is 0 Å². The minimum Gasteiger partial charge on any atom is -0.352 e. The molecule has 0 fully saturated rings. The van der Waals surface area contributed by atoms with Crippen LogP contribution in [0.25, 0.3) is 0 Å². The lowest BCUT2D eigenvalue weighted by Gasteiger charge is -2.21. The van der Waals surface area contributed by atoms with E-state index in [1.165, 1.54) is 12.4 Å². The van der Waals surface area contributed by atoms with Gasteiger partial charge in [-0.2, -0.15) is 0 Å². The SMILES string of the molecule is CCCNC(=O)c1cncc(C(=O)N(CC)c2ccccc2)c1. The van der Waals surface area contributed by atoms with Gasteiger partial charge >= 0.3 is 0 Å². The van der Waals surface area contributed by atoms with Crippen molar-refractivity contribution in [3.8, 4) is 0 Å². The van der Waals surface area contributed by atoms with E-state index in [0.717, 1.165) is 12.1 Å². The Labute approximate surface area is 136 Å². The van der Waals surface area contributed by atoms with Crippen LogP contribution in [-0.4, -0.2) is 29.9 Å². The van der Waals surface area contributed by atoms with Crippen LogP contribution in [0.1, 0.15) is 41.0 Å². The summed E-state index contributed by atoms with van der Waals surface area (Å²) in [6.07, 6.45) is 3.82. The van der Waals surface area contributed by atoms with E-state index in [1.807, 2.05) is 44.2 Å². The Bertz CT molecular complexity index is 671. The maximum Gasteiger partial charge on any atom is 0.259 e. The topological polar surface area (TPSA) is 62.3 Å². The van der Waals surface area contributed by atoms with E-state index in [4.69, 9.17) is 0 Å². The first-order chi connectivity index (χ1) is 11.2. The number of carbonyl (C=O) groups excluding carboxylic acids is 2. The molecule has 0 bridgehead atoms. The lowest BCUT2D eigenvalue weighted by Crippen LogP contribution is -2.31. The molecule has 0 atom stereocenters. The first-order valence-corrected chi connectivity index (χ1v) is 7.77. The van der Waals surface area contributed by atoms with Crippen LogP contribution >= 0.6 is 0 Å². The van der Waals surface area contributed by atoms with E-state index >= 15 is 0 Å². The van der Waals surface area contributed by atoms with Crippen molar-refractivity contribution in [3.05, 3.63) is 59.9 Å². The largest absolute Gasteiger partial charge is 0.352 e. The average molecular weight is 311 g/mol. The number of para-hydroxylation sites is 1. The fourth-order valence-electron chi connectivity index (χ4n) is 2.23. The molecule has 0 saturated heterocycles. The molecule has 23 heavy (non-hydrogen) atoms. The average Bonchev–Trinajstić information content (AvgIpc) is 2.61. The predicted octanol–water partition coefficient (Wildman–Crippen LogP) is 2.89. The number of nitrogens with one attached hydrogen (secondary N) is 1. The number of hydrogen-bond acceptors (Lipinski definition) is 3. The molecule has 0 spiro atoms. The summed E-state index contributed by atoms with van der Waals surface area (Å²) < 4.78 is 0. The van der Waals surface area contributed by atoms with Crippen LogP contribution in [0, 0.1) is 0 Å². The van der Waals surface area contributed by atoms with Crippen LogP contribution in [0.4, 0.5) is 5.69 Å². The molecule has 1 N–H and O–H groups in total. The molecule has 0 aliphatic heterocycles. The predicted molar refractivity (Wildman–Crippen MR) is 90.7 cm³/mol. The van der Waals surface area contributed by atoms with E-state index in [-0.39, 0.29) is 11.8 Å². The van der Waals surface area contributed by atoms with E-state index in [2.05, 4.69) is 10.3 Å². The molecule has 1 heterocycles. The third kappa shape index (κ3) is 4.16. The van der Waals surface area contributed by atoms with Crippen LogP contribution in [0.15, 0.2) is 48.8 Å². The van der Waals surface area contributed by atoms with Gasteiger partial charge in [-0.15, -0.1) is 0 Å². The number of hydrogen-bond donors (Lipinski definition) is 1. The number of carbonyl (C=O) groups is 2. The highest BCUT2D eigenvalue weighted by molar-refractivity contribution is 6.07. The number of amides is 2. The lowest BCUT2D eigenvalue weighted by molar-refractivity contribution is 0.0953. The summed E-state index contributed by atoms with van der Waals surface area (Å²) in [5, 5.41) is 2.79. The fraction of sp³-hybridized carbons (Fsp3) is 0.278. The highest BCUT2D eigenvalue weighted by Gasteiger charge is 2.17. The maximum atomic E-state index is 12.7. The molecule has 0 unspecified atom stereocenters. The zero-order valence-corrected chi connectivity index (χ0v) is 13.5. The normalized spacial score (nSPS) is 10.2. The van der Waals surface area contributed by atoms with Gasteiger partial charge in [0.2, 0.25) is 0 Å².